The van der Waals surface area contributed by atoms with E-state index in [1.54, 1.807) is 33.8 Å². The molecule has 10 heteroatoms. The van der Waals surface area contributed by atoms with Crippen molar-refractivity contribution < 1.29 is 19.1 Å². The molecule has 0 aliphatic carbocycles. The van der Waals surface area contributed by atoms with Crippen LogP contribution in [-0.2, 0) is 9.53 Å². The molecule has 1 aliphatic heterocycles. The van der Waals surface area contributed by atoms with Crippen molar-refractivity contribution in [2.75, 3.05) is 25.6 Å². The average molecular weight is 398 g/mol. The Labute approximate surface area is 167 Å². The number of nitrogens with zero attached hydrogens (tertiary/aromatic N) is 3. The molecule has 3 rings (SSSR count). The first-order chi connectivity index (χ1) is 13.8. The number of rotatable bonds is 5. The van der Waals surface area contributed by atoms with Crippen LogP contribution in [0.2, 0.25) is 0 Å². The maximum absolute atomic E-state index is 12.8. The number of methoxy groups -OCH3 is 1. The standard InChI is InChI=1S/C19H22N6O4/c1-11-9-24(10-21-12(2)26)18(27)17-7-16(23-25(11)17)14-5-4-13(8-20)6-15(14)22-19(28)29-3/h4-8,11,20H,9-10H2,1-3H3,(H,21,26)(H,22,28)/t11-/m0/s1. The molecule has 152 valence electrons. The summed E-state index contributed by atoms with van der Waals surface area (Å²) in [5, 5.41) is 17.2. The van der Waals surface area contributed by atoms with E-state index < -0.39 is 6.09 Å². The van der Waals surface area contributed by atoms with E-state index in [1.165, 1.54) is 14.0 Å². The van der Waals surface area contributed by atoms with Gasteiger partial charge in [-0.2, -0.15) is 5.10 Å². The Bertz CT molecular complexity index is 983. The second-order valence-electron chi connectivity index (χ2n) is 6.69. The highest BCUT2D eigenvalue weighted by Gasteiger charge is 2.31. The summed E-state index contributed by atoms with van der Waals surface area (Å²) in [6.45, 7) is 3.86. The molecule has 0 bridgehead atoms. The summed E-state index contributed by atoms with van der Waals surface area (Å²) < 4.78 is 6.31. The highest BCUT2D eigenvalue weighted by Crippen LogP contribution is 2.31. The maximum Gasteiger partial charge on any atom is 0.411 e. The SMILES string of the molecule is COC(=O)Nc1cc(C=N)ccc1-c1cc2n(n1)[C@@H](C)CN(CNC(C)=O)C2=O. The van der Waals surface area contributed by atoms with E-state index in [0.29, 0.717) is 34.7 Å². The predicted molar refractivity (Wildman–Crippen MR) is 106 cm³/mol. The third-order valence-electron chi connectivity index (χ3n) is 4.57. The minimum Gasteiger partial charge on any atom is -0.453 e. The number of carbonyl (C=O) groups is 3. The second kappa shape index (κ2) is 8.13. The molecule has 2 heterocycles. The smallest absolute Gasteiger partial charge is 0.411 e. The van der Waals surface area contributed by atoms with Crippen molar-refractivity contribution in [3.8, 4) is 11.3 Å². The number of benzene rings is 1. The fourth-order valence-corrected chi connectivity index (χ4v) is 3.15. The number of carbonyl (C=O) groups excluding carboxylic acids is 3. The monoisotopic (exact) mass is 398 g/mol. The Morgan fingerprint density at radius 1 is 1.38 bits per heavy atom. The van der Waals surface area contributed by atoms with Crippen LogP contribution >= 0.6 is 0 Å². The number of anilines is 1. The molecule has 1 aromatic carbocycles. The first-order valence-corrected chi connectivity index (χ1v) is 8.97. The Hall–Kier alpha value is -3.69. The van der Waals surface area contributed by atoms with Crippen LogP contribution < -0.4 is 10.6 Å². The van der Waals surface area contributed by atoms with Crippen molar-refractivity contribution in [1.29, 1.82) is 5.41 Å². The lowest BCUT2D eigenvalue weighted by Gasteiger charge is -2.31. The molecule has 2 aromatic rings. The van der Waals surface area contributed by atoms with Crippen LogP contribution in [0.4, 0.5) is 10.5 Å². The van der Waals surface area contributed by atoms with Gasteiger partial charge in [0.15, 0.2) is 0 Å². The molecular weight excluding hydrogens is 376 g/mol. The van der Waals surface area contributed by atoms with Crippen LogP contribution in [-0.4, -0.2) is 59.1 Å². The zero-order valence-electron chi connectivity index (χ0n) is 16.4. The molecule has 3 N–H and O–H groups in total. The molecule has 0 spiro atoms. The molecule has 1 aliphatic rings. The van der Waals surface area contributed by atoms with Gasteiger partial charge in [-0.3, -0.25) is 19.6 Å². The van der Waals surface area contributed by atoms with Crippen LogP contribution in [0.25, 0.3) is 11.3 Å². The maximum atomic E-state index is 12.8. The summed E-state index contributed by atoms with van der Waals surface area (Å²) in [6, 6.07) is 6.64. The molecule has 3 amide bonds. The summed E-state index contributed by atoms with van der Waals surface area (Å²) in [6.07, 6.45) is 0.513. The van der Waals surface area contributed by atoms with E-state index in [1.807, 2.05) is 6.92 Å². The molecule has 1 aromatic heterocycles. The van der Waals surface area contributed by atoms with Gasteiger partial charge in [0.25, 0.3) is 5.91 Å². The number of fused-ring (bicyclic) bond motifs is 1. The Morgan fingerprint density at radius 2 is 2.14 bits per heavy atom. The van der Waals surface area contributed by atoms with Crippen LogP contribution in [0, 0.1) is 5.41 Å². The summed E-state index contributed by atoms with van der Waals surface area (Å²) in [7, 11) is 1.26. The normalized spacial score (nSPS) is 15.5. The van der Waals surface area contributed by atoms with Gasteiger partial charge >= 0.3 is 6.09 Å². The largest absolute Gasteiger partial charge is 0.453 e. The number of hydrogen-bond donors (Lipinski definition) is 3. The summed E-state index contributed by atoms with van der Waals surface area (Å²) in [4.78, 5) is 37.3. The lowest BCUT2D eigenvalue weighted by atomic mass is 10.1. The molecule has 0 saturated heterocycles. The van der Waals surface area contributed by atoms with Crippen molar-refractivity contribution in [2.45, 2.75) is 19.9 Å². The zero-order chi connectivity index (χ0) is 21.1. The quantitative estimate of drug-likeness (QED) is 0.662. The molecule has 29 heavy (non-hydrogen) atoms. The lowest BCUT2D eigenvalue weighted by molar-refractivity contribution is -0.119. The van der Waals surface area contributed by atoms with Gasteiger partial charge in [0, 0.05) is 25.2 Å². The van der Waals surface area contributed by atoms with E-state index in [9.17, 15) is 14.4 Å². The van der Waals surface area contributed by atoms with Crippen LogP contribution in [0.3, 0.4) is 0 Å². The molecule has 0 unspecified atom stereocenters. The lowest BCUT2D eigenvalue weighted by Crippen LogP contribution is -2.47. The molecule has 0 radical (unpaired) electrons. The summed E-state index contributed by atoms with van der Waals surface area (Å²) in [5.41, 5.74) is 2.50. The Balaban J connectivity index is 1.99. The van der Waals surface area contributed by atoms with Gasteiger partial charge in [-0.25, -0.2) is 4.79 Å². The number of ether oxygens (including phenoxy) is 1. The van der Waals surface area contributed by atoms with Crippen molar-refractivity contribution in [3.63, 3.8) is 0 Å². The van der Waals surface area contributed by atoms with Crippen LogP contribution in [0.1, 0.15) is 35.9 Å². The van der Waals surface area contributed by atoms with Crippen molar-refractivity contribution in [3.05, 3.63) is 35.5 Å². The van der Waals surface area contributed by atoms with Gasteiger partial charge in [-0.1, -0.05) is 6.07 Å². The molecule has 10 nitrogen and oxygen atoms in total. The van der Waals surface area contributed by atoms with Gasteiger partial charge in [0.2, 0.25) is 5.91 Å². The second-order valence-corrected chi connectivity index (χ2v) is 6.69. The van der Waals surface area contributed by atoms with Gasteiger partial charge in [-0.05, 0) is 30.7 Å². The third kappa shape index (κ3) is 4.10. The van der Waals surface area contributed by atoms with Crippen molar-refractivity contribution >= 4 is 29.8 Å². The third-order valence-corrected chi connectivity index (χ3v) is 4.57. The highest BCUT2D eigenvalue weighted by atomic mass is 16.5. The van der Waals surface area contributed by atoms with E-state index in [2.05, 4.69) is 20.5 Å². The minimum atomic E-state index is -0.650. The molecule has 0 fully saturated rings. The topological polar surface area (TPSA) is 129 Å². The highest BCUT2D eigenvalue weighted by molar-refractivity contribution is 5.97. The first kappa shape index (κ1) is 20.1. The molecular formula is C19H22N6O4. The van der Waals surface area contributed by atoms with Gasteiger partial charge in [0.1, 0.15) is 5.69 Å². The van der Waals surface area contributed by atoms with Crippen molar-refractivity contribution in [1.82, 2.24) is 20.0 Å². The van der Waals surface area contributed by atoms with Gasteiger partial charge in [0.05, 0.1) is 31.2 Å². The van der Waals surface area contributed by atoms with Crippen molar-refractivity contribution in [2.24, 2.45) is 0 Å². The van der Waals surface area contributed by atoms with Crippen LogP contribution in [0.15, 0.2) is 24.3 Å². The van der Waals surface area contributed by atoms with E-state index in [0.717, 1.165) is 6.21 Å². The fourth-order valence-electron chi connectivity index (χ4n) is 3.15. The minimum absolute atomic E-state index is 0.0944. The van der Waals surface area contributed by atoms with Gasteiger partial charge in [-0.15, -0.1) is 0 Å². The number of hydrogen-bond acceptors (Lipinski definition) is 6. The van der Waals surface area contributed by atoms with Gasteiger partial charge < -0.3 is 20.4 Å². The number of amides is 3. The fraction of sp³-hybridized carbons (Fsp3) is 0.316. The average Bonchev–Trinajstić information content (AvgIpc) is 3.15. The van der Waals surface area contributed by atoms with Crippen LogP contribution in [0.5, 0.6) is 0 Å². The summed E-state index contributed by atoms with van der Waals surface area (Å²) >= 11 is 0. The number of aromatic nitrogens is 2. The number of nitrogens with one attached hydrogen (secondary N) is 3. The summed E-state index contributed by atoms with van der Waals surface area (Å²) in [5.74, 6) is -0.454. The first-order valence-electron chi connectivity index (χ1n) is 8.97. The predicted octanol–water partition coefficient (Wildman–Crippen LogP) is 1.84. The zero-order valence-corrected chi connectivity index (χ0v) is 16.4. The Kier molecular flexibility index (Phi) is 5.62. The van der Waals surface area contributed by atoms with E-state index >= 15 is 0 Å². The van der Waals surface area contributed by atoms with E-state index in [4.69, 9.17) is 5.41 Å². The Morgan fingerprint density at radius 3 is 2.79 bits per heavy atom. The molecule has 0 saturated carbocycles. The van der Waals surface area contributed by atoms with E-state index in [-0.39, 0.29) is 24.5 Å². The molecule has 1 atom stereocenters.